The van der Waals surface area contributed by atoms with Gasteiger partial charge in [0.2, 0.25) is 0 Å². The van der Waals surface area contributed by atoms with Crippen LogP contribution in [0.2, 0.25) is 0 Å². The minimum atomic E-state index is 0.672. The Bertz CT molecular complexity index is 621. The van der Waals surface area contributed by atoms with E-state index < -0.39 is 0 Å². The molecule has 2 aliphatic rings. The van der Waals surface area contributed by atoms with Crippen LogP contribution in [0.3, 0.4) is 0 Å². The maximum Gasteiger partial charge on any atom is 0.0610 e. The van der Waals surface area contributed by atoms with E-state index in [0.29, 0.717) is 5.92 Å². The number of hydrogen-bond acceptors (Lipinski definition) is 2. The molecule has 2 heterocycles. The van der Waals surface area contributed by atoms with Gasteiger partial charge in [-0.3, -0.25) is 0 Å². The van der Waals surface area contributed by atoms with E-state index in [2.05, 4.69) is 58.7 Å². The molecule has 2 heteroatoms. The zero-order valence-corrected chi connectivity index (χ0v) is 12.4. The fourth-order valence-corrected chi connectivity index (χ4v) is 3.73. The van der Waals surface area contributed by atoms with Crippen molar-refractivity contribution in [2.24, 2.45) is 0 Å². The quantitative estimate of drug-likeness (QED) is 0.892. The van der Waals surface area contributed by atoms with Crippen LogP contribution in [0, 0.1) is 0 Å². The lowest BCUT2D eigenvalue weighted by atomic mass is 9.98. The van der Waals surface area contributed by atoms with Crippen LogP contribution in [-0.4, -0.2) is 19.6 Å². The van der Waals surface area contributed by atoms with Crippen molar-refractivity contribution < 1.29 is 0 Å². The molecule has 0 saturated carbocycles. The second-order valence-electron chi connectivity index (χ2n) is 6.18. The van der Waals surface area contributed by atoms with Crippen molar-refractivity contribution in [1.29, 1.82) is 0 Å². The van der Waals surface area contributed by atoms with E-state index in [1.807, 2.05) is 0 Å². The Morgan fingerprint density at radius 1 is 1.00 bits per heavy atom. The Hall–Kier alpha value is -1.96. The highest BCUT2D eigenvalue weighted by Crippen LogP contribution is 2.37. The molecule has 1 fully saturated rings. The average Bonchev–Trinajstić information content (AvgIpc) is 3.05. The fraction of sp³-hybridized carbons (Fsp3) is 0.368. The van der Waals surface area contributed by atoms with Crippen LogP contribution >= 0.6 is 0 Å². The van der Waals surface area contributed by atoms with Crippen molar-refractivity contribution in [3.63, 3.8) is 0 Å². The van der Waals surface area contributed by atoms with Gasteiger partial charge in [0.05, 0.1) is 11.4 Å². The molecule has 2 aromatic carbocycles. The number of fused-ring (bicyclic) bond motifs is 1. The molecule has 1 saturated heterocycles. The first-order valence-corrected chi connectivity index (χ1v) is 8.07. The molecule has 2 nitrogen and oxygen atoms in total. The van der Waals surface area contributed by atoms with E-state index in [1.165, 1.54) is 41.8 Å². The van der Waals surface area contributed by atoms with E-state index in [4.69, 9.17) is 0 Å². The van der Waals surface area contributed by atoms with E-state index in [1.54, 1.807) is 0 Å². The van der Waals surface area contributed by atoms with E-state index >= 15 is 0 Å². The minimum Gasteiger partial charge on any atom is -0.383 e. The van der Waals surface area contributed by atoms with Crippen molar-refractivity contribution in [1.82, 2.24) is 0 Å². The van der Waals surface area contributed by atoms with Crippen molar-refractivity contribution in [2.45, 2.75) is 25.2 Å². The predicted octanol–water partition coefficient (Wildman–Crippen LogP) is 4.04. The largest absolute Gasteiger partial charge is 0.383 e. The molecule has 1 unspecified atom stereocenters. The number of benzene rings is 2. The molecule has 1 atom stereocenters. The summed E-state index contributed by atoms with van der Waals surface area (Å²) in [5.41, 5.74) is 5.77. The van der Waals surface area contributed by atoms with Gasteiger partial charge in [0.15, 0.2) is 0 Å². The maximum atomic E-state index is 3.62. The number of para-hydroxylation sites is 1. The summed E-state index contributed by atoms with van der Waals surface area (Å²) in [5.74, 6) is 0.672. The Morgan fingerprint density at radius 3 is 2.81 bits per heavy atom. The van der Waals surface area contributed by atoms with Crippen LogP contribution < -0.4 is 10.2 Å². The van der Waals surface area contributed by atoms with Crippen molar-refractivity contribution in [3.05, 3.63) is 59.7 Å². The van der Waals surface area contributed by atoms with Crippen LogP contribution in [0.25, 0.3) is 0 Å². The van der Waals surface area contributed by atoms with Gasteiger partial charge in [0.1, 0.15) is 0 Å². The lowest BCUT2D eigenvalue weighted by Crippen LogP contribution is -2.23. The SMILES string of the molecule is c1ccc(C2CCN(c3cccc4c3NCCC4)C2)cc1. The van der Waals surface area contributed by atoms with Crippen molar-refractivity contribution in [3.8, 4) is 0 Å². The molecule has 0 bridgehead atoms. The van der Waals surface area contributed by atoms with E-state index in [-0.39, 0.29) is 0 Å². The molecule has 4 rings (SSSR count). The first-order chi connectivity index (χ1) is 10.4. The van der Waals surface area contributed by atoms with Crippen LogP contribution in [0.1, 0.15) is 29.9 Å². The van der Waals surface area contributed by atoms with E-state index in [9.17, 15) is 0 Å². The first kappa shape index (κ1) is 12.8. The summed E-state index contributed by atoms with van der Waals surface area (Å²) in [6.07, 6.45) is 3.73. The number of aryl methyl sites for hydroxylation is 1. The number of nitrogens with zero attached hydrogens (tertiary/aromatic N) is 1. The third-order valence-corrected chi connectivity index (χ3v) is 4.85. The monoisotopic (exact) mass is 278 g/mol. The van der Waals surface area contributed by atoms with Gasteiger partial charge < -0.3 is 10.2 Å². The maximum absolute atomic E-state index is 3.62. The molecular weight excluding hydrogens is 256 g/mol. The predicted molar refractivity (Wildman–Crippen MR) is 89.3 cm³/mol. The smallest absolute Gasteiger partial charge is 0.0610 e. The normalized spacial score (nSPS) is 21.0. The summed E-state index contributed by atoms with van der Waals surface area (Å²) < 4.78 is 0. The van der Waals surface area contributed by atoms with Gasteiger partial charge in [-0.2, -0.15) is 0 Å². The van der Waals surface area contributed by atoms with Gasteiger partial charge >= 0.3 is 0 Å². The Balaban J connectivity index is 1.59. The second kappa shape index (κ2) is 5.44. The van der Waals surface area contributed by atoms with Gasteiger partial charge in [-0.15, -0.1) is 0 Å². The third kappa shape index (κ3) is 2.39. The zero-order chi connectivity index (χ0) is 14.1. The number of anilines is 2. The Kier molecular flexibility index (Phi) is 3.30. The van der Waals surface area contributed by atoms with Crippen LogP contribution in [-0.2, 0) is 6.42 Å². The Labute approximate surface area is 126 Å². The molecule has 0 aliphatic carbocycles. The number of nitrogens with one attached hydrogen (secondary N) is 1. The summed E-state index contributed by atoms with van der Waals surface area (Å²) in [6.45, 7) is 3.42. The van der Waals surface area contributed by atoms with Crippen LogP contribution in [0.15, 0.2) is 48.5 Å². The molecule has 21 heavy (non-hydrogen) atoms. The van der Waals surface area contributed by atoms with Gasteiger partial charge in [0, 0.05) is 25.6 Å². The first-order valence-electron chi connectivity index (χ1n) is 8.07. The fourth-order valence-electron chi connectivity index (χ4n) is 3.73. The lowest BCUT2D eigenvalue weighted by molar-refractivity contribution is 0.774. The average molecular weight is 278 g/mol. The summed E-state index contributed by atoms with van der Waals surface area (Å²) >= 11 is 0. The minimum absolute atomic E-state index is 0.672. The Morgan fingerprint density at radius 2 is 1.90 bits per heavy atom. The molecule has 108 valence electrons. The van der Waals surface area contributed by atoms with Gasteiger partial charge in [-0.05, 0) is 36.5 Å². The van der Waals surface area contributed by atoms with E-state index in [0.717, 1.165) is 19.6 Å². The van der Waals surface area contributed by atoms with Crippen molar-refractivity contribution >= 4 is 11.4 Å². The molecule has 2 aliphatic heterocycles. The van der Waals surface area contributed by atoms with Gasteiger partial charge in [-0.1, -0.05) is 42.5 Å². The third-order valence-electron chi connectivity index (χ3n) is 4.85. The lowest BCUT2D eigenvalue weighted by Gasteiger charge is -2.27. The molecule has 1 N–H and O–H groups in total. The summed E-state index contributed by atoms with van der Waals surface area (Å²) in [4.78, 5) is 2.56. The molecule has 0 radical (unpaired) electrons. The zero-order valence-electron chi connectivity index (χ0n) is 12.4. The van der Waals surface area contributed by atoms with Crippen LogP contribution in [0.5, 0.6) is 0 Å². The molecule has 0 spiro atoms. The molecule has 0 amide bonds. The molecular formula is C19H22N2. The topological polar surface area (TPSA) is 15.3 Å². The summed E-state index contributed by atoms with van der Waals surface area (Å²) in [6, 6.07) is 17.7. The summed E-state index contributed by atoms with van der Waals surface area (Å²) in [7, 11) is 0. The highest BCUT2D eigenvalue weighted by Gasteiger charge is 2.26. The van der Waals surface area contributed by atoms with Crippen LogP contribution in [0.4, 0.5) is 11.4 Å². The molecule has 2 aromatic rings. The van der Waals surface area contributed by atoms with Gasteiger partial charge in [0.25, 0.3) is 0 Å². The highest BCUT2D eigenvalue weighted by atomic mass is 15.2. The molecule has 0 aromatic heterocycles. The van der Waals surface area contributed by atoms with Crippen molar-refractivity contribution in [2.75, 3.05) is 29.9 Å². The summed E-state index contributed by atoms with van der Waals surface area (Å²) in [5, 5.41) is 3.62. The number of hydrogen-bond donors (Lipinski definition) is 1. The van der Waals surface area contributed by atoms with Gasteiger partial charge in [-0.25, -0.2) is 0 Å². The standard InChI is InChI=1S/C19H22N2/c1-2-6-15(7-3-1)17-11-13-21(14-17)18-10-4-8-16-9-5-12-20-19(16)18/h1-4,6-8,10,17,20H,5,9,11-14H2. The highest BCUT2D eigenvalue weighted by molar-refractivity contribution is 5.75. The number of rotatable bonds is 2. The second-order valence-corrected chi connectivity index (χ2v) is 6.18.